The quantitative estimate of drug-likeness (QED) is 0.742. The highest BCUT2D eigenvalue weighted by atomic mass is 16.5. The van der Waals surface area contributed by atoms with Crippen molar-refractivity contribution in [2.24, 2.45) is 7.05 Å². The number of carbonyl (C=O) groups is 1. The van der Waals surface area contributed by atoms with E-state index >= 15 is 0 Å². The predicted octanol–water partition coefficient (Wildman–Crippen LogP) is 2.88. The number of likely N-dealkylation sites (tertiary alicyclic amines) is 1. The molecule has 1 aromatic heterocycles. The summed E-state index contributed by atoms with van der Waals surface area (Å²) >= 11 is 0. The summed E-state index contributed by atoms with van der Waals surface area (Å²) < 4.78 is 7.59. The number of carbonyl (C=O) groups excluding carboxylic acids is 1. The number of ether oxygens (including phenoxy) is 1. The molecule has 1 fully saturated rings. The average molecular weight is 352 g/mol. The second-order valence-electron chi connectivity index (χ2n) is 7.43. The zero-order chi connectivity index (χ0) is 18.3. The number of piperidine rings is 1. The number of rotatable bonds is 1. The van der Waals surface area contributed by atoms with Gasteiger partial charge in [-0.1, -0.05) is 29.8 Å². The van der Waals surface area contributed by atoms with Crippen LogP contribution in [0, 0.1) is 0 Å². The first kappa shape index (κ1) is 17.0. The largest absolute Gasteiger partial charge is 0.370 e. The molecule has 1 amide bonds. The minimum absolute atomic E-state index is 0.178. The summed E-state index contributed by atoms with van der Waals surface area (Å²) in [6.45, 7) is 4.11. The maximum Gasteiger partial charge on any atom is 0.263 e. The molecule has 2 aromatic rings. The lowest BCUT2D eigenvalue weighted by Gasteiger charge is -2.42. The summed E-state index contributed by atoms with van der Waals surface area (Å²) in [4.78, 5) is 27.5. The number of hydrogen-bond acceptors (Lipinski definition) is 3. The molecule has 0 saturated carbocycles. The molecule has 0 atom stereocenters. The number of nitrogens with zero attached hydrogens (tertiary/aromatic N) is 2. The van der Waals surface area contributed by atoms with Crippen molar-refractivity contribution in [3.63, 3.8) is 0 Å². The van der Waals surface area contributed by atoms with Gasteiger partial charge in [-0.25, -0.2) is 0 Å². The van der Waals surface area contributed by atoms with Gasteiger partial charge in [0.25, 0.3) is 11.5 Å². The van der Waals surface area contributed by atoms with Gasteiger partial charge < -0.3 is 14.2 Å². The third-order valence-electron chi connectivity index (χ3n) is 5.66. The Bertz CT molecular complexity index is 949. The summed E-state index contributed by atoms with van der Waals surface area (Å²) in [5.41, 5.74) is 1.98. The van der Waals surface area contributed by atoms with Gasteiger partial charge in [0.15, 0.2) is 0 Å². The Morgan fingerprint density at radius 3 is 2.65 bits per heavy atom. The molecule has 1 spiro atoms. The highest BCUT2D eigenvalue weighted by Crippen LogP contribution is 2.33. The maximum absolute atomic E-state index is 13.0. The lowest BCUT2D eigenvalue weighted by molar-refractivity contribution is -0.0522. The molecule has 0 radical (unpaired) electrons. The molecular weight excluding hydrogens is 328 g/mol. The lowest BCUT2D eigenvalue weighted by atomic mass is 9.87. The normalized spacial score (nSPS) is 19.6. The van der Waals surface area contributed by atoms with Crippen LogP contribution in [0.4, 0.5) is 0 Å². The summed E-state index contributed by atoms with van der Waals surface area (Å²) in [5.74, 6) is -0.178. The van der Waals surface area contributed by atoms with Crippen LogP contribution in [0.1, 0.15) is 36.5 Å². The van der Waals surface area contributed by atoms with Gasteiger partial charge >= 0.3 is 0 Å². The van der Waals surface area contributed by atoms with Crippen molar-refractivity contribution in [1.82, 2.24) is 9.47 Å². The van der Waals surface area contributed by atoms with E-state index < -0.39 is 0 Å². The smallest absolute Gasteiger partial charge is 0.263 e. The molecule has 0 unspecified atom stereocenters. The van der Waals surface area contributed by atoms with Gasteiger partial charge in [0, 0.05) is 20.1 Å². The van der Waals surface area contributed by atoms with Crippen LogP contribution >= 0.6 is 0 Å². The first-order valence-corrected chi connectivity index (χ1v) is 9.19. The van der Waals surface area contributed by atoms with E-state index in [4.69, 9.17) is 4.74 Å². The van der Waals surface area contributed by atoms with Crippen molar-refractivity contribution in [3.8, 4) is 0 Å². The third-order valence-corrected chi connectivity index (χ3v) is 5.66. The Labute approximate surface area is 152 Å². The second kappa shape index (κ2) is 6.40. The molecule has 136 valence electrons. The zero-order valence-electron chi connectivity index (χ0n) is 15.3. The van der Waals surface area contributed by atoms with Crippen LogP contribution in [-0.4, -0.2) is 40.7 Å². The van der Waals surface area contributed by atoms with E-state index in [9.17, 15) is 9.59 Å². The Balaban J connectivity index is 1.60. The van der Waals surface area contributed by atoms with Crippen molar-refractivity contribution in [1.29, 1.82) is 0 Å². The second-order valence-corrected chi connectivity index (χ2v) is 7.43. The molecule has 0 bridgehead atoms. The molecule has 1 saturated heterocycles. The van der Waals surface area contributed by atoms with Crippen molar-refractivity contribution < 1.29 is 9.53 Å². The number of aryl methyl sites for hydroxylation is 1. The van der Waals surface area contributed by atoms with Gasteiger partial charge in [-0.2, -0.15) is 0 Å². The van der Waals surface area contributed by atoms with E-state index in [2.05, 4.69) is 13.0 Å². The Morgan fingerprint density at radius 1 is 1.19 bits per heavy atom. The monoisotopic (exact) mass is 352 g/mol. The van der Waals surface area contributed by atoms with Crippen LogP contribution < -0.4 is 5.56 Å². The Kier molecular flexibility index (Phi) is 4.19. The number of para-hydroxylation sites is 1. The number of hydrogen-bond donors (Lipinski definition) is 0. The van der Waals surface area contributed by atoms with Crippen molar-refractivity contribution in [2.75, 3.05) is 19.7 Å². The van der Waals surface area contributed by atoms with Gasteiger partial charge in [-0.05, 0) is 43.7 Å². The minimum Gasteiger partial charge on any atom is -0.370 e. The van der Waals surface area contributed by atoms with Crippen LogP contribution in [0.3, 0.4) is 0 Å². The van der Waals surface area contributed by atoms with E-state index in [0.29, 0.717) is 13.1 Å². The van der Waals surface area contributed by atoms with Gasteiger partial charge in [-0.3, -0.25) is 9.59 Å². The maximum atomic E-state index is 13.0. The summed E-state index contributed by atoms with van der Waals surface area (Å²) in [7, 11) is 1.72. The summed E-state index contributed by atoms with van der Waals surface area (Å²) in [5, 5.41) is 0.903. The van der Waals surface area contributed by atoms with Crippen LogP contribution in [0.25, 0.3) is 10.9 Å². The third kappa shape index (κ3) is 2.86. The molecule has 0 N–H and O–H groups in total. The summed E-state index contributed by atoms with van der Waals surface area (Å²) in [6.07, 6.45) is 4.78. The Morgan fingerprint density at radius 2 is 1.92 bits per heavy atom. The molecule has 4 rings (SSSR count). The lowest BCUT2D eigenvalue weighted by Crippen LogP contribution is -2.49. The fourth-order valence-electron chi connectivity index (χ4n) is 4.10. The molecular formula is C21H24N2O3. The fourth-order valence-corrected chi connectivity index (χ4v) is 4.10. The number of pyridine rings is 1. The molecule has 26 heavy (non-hydrogen) atoms. The SMILES string of the molecule is CC1=CC2(CCN(C(=O)c3cc4ccccc4n(C)c3=O)CC2)OCC1. The topological polar surface area (TPSA) is 51.5 Å². The number of fused-ring (bicyclic) bond motifs is 1. The van der Waals surface area contributed by atoms with E-state index in [-0.39, 0.29) is 22.6 Å². The minimum atomic E-state index is -0.237. The van der Waals surface area contributed by atoms with Crippen LogP contribution in [0.5, 0.6) is 0 Å². The highest BCUT2D eigenvalue weighted by Gasteiger charge is 2.37. The van der Waals surface area contributed by atoms with Gasteiger partial charge in [0.2, 0.25) is 0 Å². The number of amides is 1. The van der Waals surface area contributed by atoms with Crippen molar-refractivity contribution in [3.05, 3.63) is 57.9 Å². The van der Waals surface area contributed by atoms with Crippen LogP contribution in [-0.2, 0) is 11.8 Å². The first-order chi connectivity index (χ1) is 12.5. The number of aromatic nitrogens is 1. The van der Waals surface area contributed by atoms with Gasteiger partial charge in [0.05, 0.1) is 17.7 Å². The molecule has 0 aliphatic carbocycles. The molecule has 5 heteroatoms. The fraction of sp³-hybridized carbons (Fsp3) is 0.429. The van der Waals surface area contributed by atoms with Crippen molar-refractivity contribution in [2.45, 2.75) is 31.8 Å². The van der Waals surface area contributed by atoms with E-state index in [1.807, 2.05) is 24.3 Å². The molecule has 2 aliphatic rings. The predicted molar refractivity (Wildman–Crippen MR) is 101 cm³/mol. The van der Waals surface area contributed by atoms with E-state index in [1.54, 1.807) is 22.6 Å². The van der Waals surface area contributed by atoms with Crippen LogP contribution in [0.2, 0.25) is 0 Å². The molecule has 1 aromatic carbocycles. The molecule has 3 heterocycles. The highest BCUT2D eigenvalue weighted by molar-refractivity contribution is 5.97. The van der Waals surface area contributed by atoms with Gasteiger partial charge in [0.1, 0.15) is 5.56 Å². The van der Waals surface area contributed by atoms with E-state index in [0.717, 1.165) is 36.8 Å². The first-order valence-electron chi connectivity index (χ1n) is 9.19. The number of benzene rings is 1. The van der Waals surface area contributed by atoms with Crippen molar-refractivity contribution >= 4 is 16.8 Å². The average Bonchev–Trinajstić information content (AvgIpc) is 2.65. The Hall–Kier alpha value is -2.40. The van der Waals surface area contributed by atoms with E-state index in [1.165, 1.54) is 5.57 Å². The molecule has 5 nitrogen and oxygen atoms in total. The summed E-state index contributed by atoms with van der Waals surface area (Å²) in [6, 6.07) is 9.37. The zero-order valence-corrected chi connectivity index (χ0v) is 15.3. The van der Waals surface area contributed by atoms with Gasteiger partial charge in [-0.15, -0.1) is 0 Å². The van der Waals surface area contributed by atoms with Crippen LogP contribution in [0.15, 0.2) is 46.8 Å². The standard InChI is InChI=1S/C21H24N2O3/c1-15-7-12-26-21(14-15)8-10-23(11-9-21)20(25)17-13-16-5-3-4-6-18(16)22(2)19(17)24/h3-6,13-14H,7-12H2,1-2H3. The molecule has 2 aliphatic heterocycles.